The van der Waals surface area contributed by atoms with Crippen LogP contribution in [0.4, 0.5) is 0 Å². The highest BCUT2D eigenvalue weighted by molar-refractivity contribution is 6.45. The molecule has 0 spiro atoms. The van der Waals surface area contributed by atoms with Crippen LogP contribution in [-0.2, 0) is 33.5 Å². The maximum Gasteiger partial charge on any atom is 0.304 e. The van der Waals surface area contributed by atoms with Crippen molar-refractivity contribution in [2.24, 2.45) is 5.90 Å². The number of hydrogen-bond donors (Lipinski definition) is 4. The first-order chi connectivity index (χ1) is 11.4. The molecule has 0 saturated heterocycles. The van der Waals surface area contributed by atoms with Gasteiger partial charge in [-0.15, -0.1) is 0 Å². The van der Waals surface area contributed by atoms with Crippen LogP contribution < -0.4 is 5.90 Å². The summed E-state index contributed by atoms with van der Waals surface area (Å²) in [7, 11) is 0. The minimum Gasteiger partial charge on any atom is -0.439 e. The Bertz CT molecular complexity index is 588. The van der Waals surface area contributed by atoms with Crippen molar-refractivity contribution in [3.63, 3.8) is 0 Å². The Morgan fingerprint density at radius 2 is 1.48 bits per heavy atom. The Morgan fingerprint density at radius 3 is 1.72 bits per heavy atom. The van der Waals surface area contributed by atoms with Gasteiger partial charge in [0.15, 0.2) is 17.3 Å². The van der Waals surface area contributed by atoms with Gasteiger partial charge in [0.05, 0.1) is 6.61 Å². The van der Waals surface area contributed by atoms with Crippen LogP contribution in [0.15, 0.2) is 0 Å². The fraction of sp³-hybridized carbons (Fsp3) is 0.643. The molecule has 3 unspecified atom stereocenters. The smallest absolute Gasteiger partial charge is 0.304 e. The summed E-state index contributed by atoms with van der Waals surface area (Å²) in [5, 5.41) is 29.0. The van der Waals surface area contributed by atoms with Crippen LogP contribution in [0.25, 0.3) is 0 Å². The monoisotopic (exact) mass is 363 g/mol. The zero-order chi connectivity index (χ0) is 20.2. The number of carbonyl (C=O) groups is 5. The third-order valence-electron chi connectivity index (χ3n) is 3.63. The lowest BCUT2D eigenvalue weighted by atomic mass is 9.68. The highest BCUT2D eigenvalue weighted by Gasteiger charge is 2.72. The summed E-state index contributed by atoms with van der Waals surface area (Å²) < 4.78 is 4.72. The van der Waals surface area contributed by atoms with Crippen molar-refractivity contribution in [1.29, 1.82) is 0 Å². The van der Waals surface area contributed by atoms with Crippen molar-refractivity contribution in [2.45, 2.75) is 51.1 Å². The van der Waals surface area contributed by atoms with Crippen molar-refractivity contribution >= 4 is 29.1 Å². The SMILES string of the molecule is CC(=O)O[C@@](C(C)=O)(C(=O)C(C)=O)C(ON)(C(C)=O)C(O)C(O)CO. The molecular weight excluding hydrogens is 342 g/mol. The number of esters is 1. The molecule has 142 valence electrons. The quantitative estimate of drug-likeness (QED) is 0.134. The summed E-state index contributed by atoms with van der Waals surface area (Å²) in [6, 6.07) is 0. The van der Waals surface area contributed by atoms with Crippen LogP contribution in [-0.4, -0.2) is 74.4 Å². The molecule has 0 saturated carbocycles. The van der Waals surface area contributed by atoms with Gasteiger partial charge in [0.2, 0.25) is 5.60 Å². The zero-order valence-electron chi connectivity index (χ0n) is 14.1. The predicted octanol–water partition coefficient (Wildman–Crippen LogP) is -3.03. The molecule has 4 atom stereocenters. The van der Waals surface area contributed by atoms with E-state index in [0.29, 0.717) is 6.92 Å². The number of ketones is 4. The van der Waals surface area contributed by atoms with E-state index in [2.05, 4.69) is 4.84 Å². The summed E-state index contributed by atoms with van der Waals surface area (Å²) in [5.74, 6) is -1.93. The maximum absolute atomic E-state index is 12.5. The predicted molar refractivity (Wildman–Crippen MR) is 78.6 cm³/mol. The fourth-order valence-corrected chi connectivity index (χ4v) is 2.52. The summed E-state index contributed by atoms with van der Waals surface area (Å²) in [4.78, 5) is 64.6. The molecule has 0 heterocycles. The lowest BCUT2D eigenvalue weighted by Gasteiger charge is -2.46. The summed E-state index contributed by atoms with van der Waals surface area (Å²) in [5.41, 5.74) is -6.49. The van der Waals surface area contributed by atoms with E-state index >= 15 is 0 Å². The molecule has 0 bridgehead atoms. The molecular formula is C14H21NO10. The number of hydrogen-bond acceptors (Lipinski definition) is 11. The average Bonchev–Trinajstić information content (AvgIpc) is 2.51. The molecule has 0 aliphatic carbocycles. The van der Waals surface area contributed by atoms with Gasteiger partial charge in [-0.2, -0.15) is 0 Å². The molecule has 0 aliphatic rings. The van der Waals surface area contributed by atoms with Gasteiger partial charge in [-0.3, -0.25) is 28.8 Å². The molecule has 0 amide bonds. The first-order valence-corrected chi connectivity index (χ1v) is 6.98. The van der Waals surface area contributed by atoms with Crippen molar-refractivity contribution in [2.75, 3.05) is 6.61 Å². The standard InChI is InChI=1S/C14H21NO10/c1-6(17)11(22)13(7(2)18,24-9(4)20)14(25-15,8(3)19)12(23)10(21)5-16/h10,12,16,21,23H,5,15H2,1-4H3/t10?,12?,13-,14?/m0/s1. The van der Waals surface area contributed by atoms with E-state index in [4.69, 9.17) is 15.7 Å². The van der Waals surface area contributed by atoms with E-state index in [9.17, 15) is 34.2 Å². The van der Waals surface area contributed by atoms with Crippen molar-refractivity contribution in [3.05, 3.63) is 0 Å². The molecule has 5 N–H and O–H groups in total. The van der Waals surface area contributed by atoms with Crippen LogP contribution in [0.1, 0.15) is 27.7 Å². The van der Waals surface area contributed by atoms with E-state index < -0.39 is 59.1 Å². The number of Topliss-reactive ketones (excluding diaryl/α,β-unsaturated/α-hetero) is 4. The van der Waals surface area contributed by atoms with Gasteiger partial charge in [0.25, 0.3) is 11.4 Å². The second-order valence-corrected chi connectivity index (χ2v) is 5.32. The fourth-order valence-electron chi connectivity index (χ4n) is 2.52. The molecule has 11 nitrogen and oxygen atoms in total. The summed E-state index contributed by atoms with van der Waals surface area (Å²) >= 11 is 0. The van der Waals surface area contributed by atoms with Crippen LogP contribution >= 0.6 is 0 Å². The van der Waals surface area contributed by atoms with Crippen molar-refractivity contribution < 1.29 is 48.9 Å². The topological polar surface area (TPSA) is 191 Å². The second-order valence-electron chi connectivity index (χ2n) is 5.32. The van der Waals surface area contributed by atoms with Crippen LogP contribution in [0, 0.1) is 0 Å². The number of ether oxygens (including phenoxy) is 1. The summed E-state index contributed by atoms with van der Waals surface area (Å²) in [6.07, 6.45) is -4.65. The van der Waals surface area contributed by atoms with Crippen molar-refractivity contribution in [3.8, 4) is 0 Å². The molecule has 25 heavy (non-hydrogen) atoms. The molecule has 0 aromatic rings. The maximum atomic E-state index is 12.5. The van der Waals surface area contributed by atoms with Gasteiger partial charge in [-0.25, -0.2) is 5.90 Å². The third-order valence-corrected chi connectivity index (χ3v) is 3.63. The second kappa shape index (κ2) is 8.36. The van der Waals surface area contributed by atoms with Crippen LogP contribution in [0.3, 0.4) is 0 Å². The number of rotatable bonds is 10. The first-order valence-electron chi connectivity index (χ1n) is 6.98. The first kappa shape index (κ1) is 22.9. The molecule has 0 radical (unpaired) electrons. The van der Waals surface area contributed by atoms with Gasteiger partial charge in [-0.05, 0) is 13.8 Å². The molecule has 0 rings (SSSR count). The zero-order valence-corrected chi connectivity index (χ0v) is 14.1. The van der Waals surface area contributed by atoms with Gasteiger partial charge in [0.1, 0.15) is 12.2 Å². The number of aliphatic hydroxyl groups is 3. The van der Waals surface area contributed by atoms with E-state index in [1.165, 1.54) is 0 Å². The number of aliphatic hydroxyl groups excluding tert-OH is 3. The van der Waals surface area contributed by atoms with Crippen molar-refractivity contribution in [1.82, 2.24) is 0 Å². The minimum absolute atomic E-state index is 0.693. The Hall–Kier alpha value is -2.05. The number of carbonyl (C=O) groups excluding carboxylic acids is 5. The molecule has 0 aromatic carbocycles. The van der Waals surface area contributed by atoms with E-state index in [-0.39, 0.29) is 0 Å². The molecule has 0 fully saturated rings. The summed E-state index contributed by atoms with van der Waals surface area (Å²) in [6.45, 7) is 1.76. The minimum atomic E-state index is -3.30. The lowest BCUT2D eigenvalue weighted by molar-refractivity contribution is -0.240. The van der Waals surface area contributed by atoms with E-state index in [0.717, 1.165) is 20.8 Å². The van der Waals surface area contributed by atoms with Gasteiger partial charge < -0.3 is 20.1 Å². The van der Waals surface area contributed by atoms with Gasteiger partial charge in [-0.1, -0.05) is 0 Å². The Kier molecular flexibility index (Phi) is 7.67. The largest absolute Gasteiger partial charge is 0.439 e. The van der Waals surface area contributed by atoms with Gasteiger partial charge in [0, 0.05) is 13.8 Å². The van der Waals surface area contributed by atoms with Crippen LogP contribution in [0.5, 0.6) is 0 Å². The third kappa shape index (κ3) is 3.65. The van der Waals surface area contributed by atoms with E-state index in [1.54, 1.807) is 0 Å². The lowest BCUT2D eigenvalue weighted by Crippen LogP contribution is -2.77. The molecule has 0 aromatic heterocycles. The Labute approximate surface area is 142 Å². The average molecular weight is 363 g/mol. The van der Waals surface area contributed by atoms with Crippen LogP contribution in [0.2, 0.25) is 0 Å². The highest BCUT2D eigenvalue weighted by atomic mass is 16.7. The Balaban J connectivity index is 7.11. The molecule has 0 aliphatic heterocycles. The Morgan fingerprint density at radius 1 is 1.00 bits per heavy atom. The van der Waals surface area contributed by atoms with Gasteiger partial charge >= 0.3 is 5.97 Å². The van der Waals surface area contributed by atoms with E-state index in [1.807, 2.05) is 0 Å². The highest BCUT2D eigenvalue weighted by Crippen LogP contribution is 2.37. The number of nitrogens with two attached hydrogens (primary N) is 1. The molecule has 11 heteroatoms. The normalized spacial score (nSPS) is 18.2.